The summed E-state index contributed by atoms with van der Waals surface area (Å²) in [4.78, 5) is 0. The highest BCUT2D eigenvalue weighted by molar-refractivity contribution is 5.38. The number of hydrogen-bond acceptors (Lipinski definition) is 1. The van der Waals surface area contributed by atoms with Crippen molar-refractivity contribution in [2.75, 3.05) is 0 Å². The zero-order valence-corrected chi connectivity index (χ0v) is 20.3. The lowest BCUT2D eigenvalue weighted by Crippen LogP contribution is -2.25. The molecule has 0 unspecified atom stereocenters. The fourth-order valence-electron chi connectivity index (χ4n) is 5.82. The van der Waals surface area contributed by atoms with Gasteiger partial charge in [-0.15, -0.1) is 13.2 Å². The van der Waals surface area contributed by atoms with Crippen molar-refractivity contribution in [3.8, 4) is 17.6 Å². The molecule has 1 aromatic rings. The molecule has 2 aliphatic rings. The summed E-state index contributed by atoms with van der Waals surface area (Å²) in [5.74, 6) is 9.50. The number of unbranched alkanes of at least 4 members (excludes halogenated alkanes) is 5. The topological polar surface area (TPSA) is 9.23 Å². The van der Waals surface area contributed by atoms with Crippen molar-refractivity contribution in [3.05, 3.63) is 29.8 Å². The predicted octanol–water partition coefficient (Wildman–Crippen LogP) is 9.30. The Hall–Kier alpha value is -1.63. The predicted molar refractivity (Wildman–Crippen MR) is 129 cm³/mol. The average Bonchev–Trinajstić information content (AvgIpc) is 2.81. The molecular formula is C29H41F3O. The maximum Gasteiger partial charge on any atom is 0.573 e. The van der Waals surface area contributed by atoms with Crippen LogP contribution in [0.3, 0.4) is 0 Å². The molecule has 1 aromatic carbocycles. The highest BCUT2D eigenvalue weighted by Crippen LogP contribution is 2.42. The fourth-order valence-corrected chi connectivity index (χ4v) is 5.82. The molecule has 184 valence electrons. The minimum atomic E-state index is -4.65. The molecule has 0 amide bonds. The largest absolute Gasteiger partial charge is 0.573 e. The monoisotopic (exact) mass is 462 g/mol. The van der Waals surface area contributed by atoms with Gasteiger partial charge in [-0.25, -0.2) is 0 Å². The Morgan fingerprint density at radius 3 is 1.97 bits per heavy atom. The van der Waals surface area contributed by atoms with E-state index in [0.29, 0.717) is 5.92 Å². The van der Waals surface area contributed by atoms with Gasteiger partial charge >= 0.3 is 6.36 Å². The van der Waals surface area contributed by atoms with Crippen molar-refractivity contribution in [2.45, 2.75) is 110 Å². The van der Waals surface area contributed by atoms with Crippen LogP contribution in [0, 0.1) is 35.5 Å². The zero-order valence-electron chi connectivity index (χ0n) is 20.3. The third-order valence-electron chi connectivity index (χ3n) is 7.80. The van der Waals surface area contributed by atoms with E-state index in [2.05, 4.69) is 23.5 Å². The summed E-state index contributed by atoms with van der Waals surface area (Å²) in [7, 11) is 0. The van der Waals surface area contributed by atoms with E-state index in [-0.39, 0.29) is 5.75 Å². The van der Waals surface area contributed by atoms with Crippen molar-refractivity contribution >= 4 is 0 Å². The first-order chi connectivity index (χ1) is 15.9. The van der Waals surface area contributed by atoms with E-state index in [1.54, 1.807) is 12.1 Å². The van der Waals surface area contributed by atoms with Gasteiger partial charge in [-0.1, -0.05) is 76.6 Å². The van der Waals surface area contributed by atoms with Gasteiger partial charge in [0.05, 0.1) is 0 Å². The van der Waals surface area contributed by atoms with Crippen molar-refractivity contribution in [2.24, 2.45) is 23.7 Å². The Labute approximate surface area is 198 Å². The van der Waals surface area contributed by atoms with Crippen LogP contribution in [0.15, 0.2) is 24.3 Å². The Morgan fingerprint density at radius 2 is 1.36 bits per heavy atom. The normalized spacial score (nSPS) is 25.8. The van der Waals surface area contributed by atoms with E-state index in [4.69, 9.17) is 0 Å². The number of rotatable bonds is 9. The van der Waals surface area contributed by atoms with Gasteiger partial charge in [0.15, 0.2) is 0 Å². The van der Waals surface area contributed by atoms with Gasteiger partial charge < -0.3 is 4.74 Å². The number of halogens is 3. The second-order valence-corrected chi connectivity index (χ2v) is 10.3. The van der Waals surface area contributed by atoms with E-state index in [1.807, 2.05) is 0 Å². The first-order valence-corrected chi connectivity index (χ1v) is 13.3. The minimum absolute atomic E-state index is 0.199. The van der Waals surface area contributed by atoms with Gasteiger partial charge in [-0.3, -0.25) is 0 Å². The van der Waals surface area contributed by atoms with Gasteiger partial charge in [0.1, 0.15) is 5.75 Å². The van der Waals surface area contributed by atoms with Crippen molar-refractivity contribution in [1.82, 2.24) is 0 Å². The second kappa shape index (κ2) is 13.3. The highest BCUT2D eigenvalue weighted by atomic mass is 19.4. The molecule has 0 atom stereocenters. The number of hydrogen-bond donors (Lipinski definition) is 0. The Balaban J connectivity index is 1.32. The summed E-state index contributed by atoms with van der Waals surface area (Å²) in [5.41, 5.74) is 0.746. The summed E-state index contributed by atoms with van der Waals surface area (Å²) in [6.07, 6.45) is 15.8. The minimum Gasteiger partial charge on any atom is -0.406 e. The molecule has 2 saturated carbocycles. The summed E-state index contributed by atoms with van der Waals surface area (Å²) in [5, 5.41) is 0. The molecule has 0 aromatic heterocycles. The lowest BCUT2D eigenvalue weighted by atomic mass is 9.69. The van der Waals surface area contributed by atoms with Crippen LogP contribution in [0.1, 0.15) is 109 Å². The van der Waals surface area contributed by atoms with Gasteiger partial charge in [-0.2, -0.15) is 0 Å². The SMILES string of the molecule is CCCCCCCCC1CCC(C2CCC(C#Cc3ccc(OC(F)(F)F)cc3)CC2)CC1. The summed E-state index contributed by atoms with van der Waals surface area (Å²) in [6, 6.07) is 5.86. The summed E-state index contributed by atoms with van der Waals surface area (Å²) < 4.78 is 40.7. The van der Waals surface area contributed by atoms with Crippen molar-refractivity contribution in [1.29, 1.82) is 0 Å². The lowest BCUT2D eigenvalue weighted by molar-refractivity contribution is -0.274. The van der Waals surface area contributed by atoms with E-state index >= 15 is 0 Å². The third kappa shape index (κ3) is 9.63. The van der Waals surface area contributed by atoms with Crippen molar-refractivity contribution in [3.63, 3.8) is 0 Å². The average molecular weight is 463 g/mol. The molecule has 33 heavy (non-hydrogen) atoms. The van der Waals surface area contributed by atoms with E-state index < -0.39 is 6.36 Å². The number of benzene rings is 1. The molecule has 3 rings (SSSR count). The molecule has 1 nitrogen and oxygen atoms in total. The molecule has 2 aliphatic carbocycles. The highest BCUT2D eigenvalue weighted by Gasteiger charge is 2.31. The number of alkyl halides is 3. The van der Waals surface area contributed by atoms with Crippen LogP contribution in [-0.4, -0.2) is 6.36 Å². The maximum atomic E-state index is 12.3. The fraction of sp³-hybridized carbons (Fsp3) is 0.724. The van der Waals surface area contributed by atoms with E-state index in [9.17, 15) is 13.2 Å². The molecule has 0 aliphatic heterocycles. The molecule has 4 heteroatoms. The van der Waals surface area contributed by atoms with Crippen LogP contribution in [0.25, 0.3) is 0 Å². The van der Waals surface area contributed by atoms with Gasteiger partial charge in [0.2, 0.25) is 0 Å². The van der Waals surface area contributed by atoms with Crippen LogP contribution >= 0.6 is 0 Å². The first kappa shape index (κ1) is 26.0. The molecule has 0 saturated heterocycles. The molecule has 0 N–H and O–H groups in total. The van der Waals surface area contributed by atoms with Gasteiger partial charge in [0, 0.05) is 11.5 Å². The standard InChI is InChI=1S/C29H41F3O/c1-2-3-4-5-6-7-8-23-11-17-26(18-12-23)27-19-13-24(14-20-27)9-10-25-15-21-28(22-16-25)33-29(30,31)32/h15-16,21-24,26-27H,2-8,11-14,17-20H2,1H3. The molecule has 0 heterocycles. The van der Waals surface area contributed by atoms with Crippen LogP contribution in [-0.2, 0) is 0 Å². The lowest BCUT2D eigenvalue weighted by Gasteiger charge is -2.37. The maximum absolute atomic E-state index is 12.3. The van der Waals surface area contributed by atoms with Crippen LogP contribution in [0.5, 0.6) is 5.75 Å². The second-order valence-electron chi connectivity index (χ2n) is 10.3. The Morgan fingerprint density at radius 1 is 0.788 bits per heavy atom. The van der Waals surface area contributed by atoms with Crippen LogP contribution in [0.4, 0.5) is 13.2 Å². The molecule has 0 spiro atoms. The first-order valence-electron chi connectivity index (χ1n) is 13.3. The zero-order chi connectivity index (χ0) is 23.5. The summed E-state index contributed by atoms with van der Waals surface area (Å²) >= 11 is 0. The Bertz CT molecular complexity index is 727. The van der Waals surface area contributed by atoms with Gasteiger partial charge in [0.25, 0.3) is 0 Å². The van der Waals surface area contributed by atoms with E-state index in [0.717, 1.165) is 36.2 Å². The quantitative estimate of drug-likeness (QED) is 0.262. The van der Waals surface area contributed by atoms with Crippen LogP contribution in [0.2, 0.25) is 0 Å². The molecular weight excluding hydrogens is 421 g/mol. The van der Waals surface area contributed by atoms with Gasteiger partial charge in [-0.05, 0) is 80.5 Å². The number of ether oxygens (including phenoxy) is 1. The van der Waals surface area contributed by atoms with E-state index in [1.165, 1.54) is 95.6 Å². The Kier molecular flexibility index (Phi) is 10.5. The molecule has 2 fully saturated rings. The van der Waals surface area contributed by atoms with Crippen LogP contribution < -0.4 is 4.74 Å². The third-order valence-corrected chi connectivity index (χ3v) is 7.80. The molecule has 0 bridgehead atoms. The molecule has 0 radical (unpaired) electrons. The smallest absolute Gasteiger partial charge is 0.406 e. The van der Waals surface area contributed by atoms with Crippen molar-refractivity contribution < 1.29 is 17.9 Å². The summed E-state index contributed by atoms with van der Waals surface area (Å²) in [6.45, 7) is 2.28.